The molecular weight excluding hydrogens is 310 g/mol. The van der Waals surface area contributed by atoms with Crippen molar-refractivity contribution in [2.75, 3.05) is 18.4 Å². The highest BCUT2D eigenvalue weighted by atomic mass is 79.9. The second-order valence-electron chi connectivity index (χ2n) is 4.86. The predicted octanol–water partition coefficient (Wildman–Crippen LogP) is 2.47. The molecular formula is C13H18BrN3O2. The molecule has 0 spiro atoms. The van der Waals surface area contributed by atoms with Gasteiger partial charge in [-0.1, -0.05) is 0 Å². The van der Waals surface area contributed by atoms with Crippen LogP contribution in [0.4, 0.5) is 10.6 Å². The van der Waals surface area contributed by atoms with E-state index in [0.717, 1.165) is 17.3 Å². The van der Waals surface area contributed by atoms with E-state index in [1.54, 1.807) is 17.2 Å². The largest absolute Gasteiger partial charge is 0.393 e. The number of aliphatic hydroxyl groups is 1. The third-order valence-corrected chi connectivity index (χ3v) is 3.94. The first kappa shape index (κ1) is 14.3. The van der Waals surface area contributed by atoms with Gasteiger partial charge in [-0.3, -0.25) is 5.32 Å². The number of carbonyl (C=O) groups is 1. The second kappa shape index (κ2) is 6.34. The Morgan fingerprint density at radius 2 is 2.21 bits per heavy atom. The lowest BCUT2D eigenvalue weighted by atomic mass is 9.92. The van der Waals surface area contributed by atoms with E-state index < -0.39 is 0 Å². The van der Waals surface area contributed by atoms with E-state index in [-0.39, 0.29) is 12.1 Å². The van der Waals surface area contributed by atoms with Crippen LogP contribution in [0.15, 0.2) is 22.8 Å². The lowest BCUT2D eigenvalue weighted by molar-refractivity contribution is 0.0820. The molecule has 19 heavy (non-hydrogen) atoms. The third-order valence-electron chi connectivity index (χ3n) is 3.47. The van der Waals surface area contributed by atoms with Crippen LogP contribution in [0.1, 0.15) is 19.8 Å². The van der Waals surface area contributed by atoms with E-state index in [2.05, 4.69) is 26.2 Å². The van der Waals surface area contributed by atoms with E-state index in [1.165, 1.54) is 0 Å². The number of pyridine rings is 1. The molecule has 2 N–H and O–H groups in total. The van der Waals surface area contributed by atoms with Crippen LogP contribution in [0.3, 0.4) is 0 Å². The number of aliphatic hydroxyl groups excluding tert-OH is 1. The van der Waals surface area contributed by atoms with Crippen LogP contribution < -0.4 is 5.32 Å². The third kappa shape index (κ3) is 3.91. The van der Waals surface area contributed by atoms with Crippen molar-refractivity contribution in [1.29, 1.82) is 0 Å². The molecule has 104 valence electrons. The van der Waals surface area contributed by atoms with Crippen LogP contribution in [0, 0.1) is 5.92 Å². The summed E-state index contributed by atoms with van der Waals surface area (Å²) >= 11 is 3.30. The number of nitrogens with one attached hydrogen (secondary N) is 1. The Labute approximate surface area is 121 Å². The zero-order valence-corrected chi connectivity index (χ0v) is 12.4. The normalized spacial score (nSPS) is 18.2. The summed E-state index contributed by atoms with van der Waals surface area (Å²) in [5, 5.41) is 12.3. The SMILES string of the molecule is C[C@@H](O)C1CCN(C(=O)Nc2ccc(Br)cn2)CC1. The highest BCUT2D eigenvalue weighted by Gasteiger charge is 2.25. The molecule has 1 aliphatic heterocycles. The number of piperidine rings is 1. The highest BCUT2D eigenvalue weighted by Crippen LogP contribution is 2.21. The van der Waals surface area contributed by atoms with Gasteiger partial charge in [0, 0.05) is 23.8 Å². The average molecular weight is 328 g/mol. The van der Waals surface area contributed by atoms with Crippen LogP contribution in [-0.2, 0) is 0 Å². The van der Waals surface area contributed by atoms with Gasteiger partial charge in [-0.05, 0) is 53.7 Å². The number of halogens is 1. The zero-order valence-electron chi connectivity index (χ0n) is 10.8. The summed E-state index contributed by atoms with van der Waals surface area (Å²) in [4.78, 5) is 17.9. The van der Waals surface area contributed by atoms with Crippen LogP contribution in [0.2, 0.25) is 0 Å². The van der Waals surface area contributed by atoms with Crippen molar-refractivity contribution in [2.45, 2.75) is 25.9 Å². The summed E-state index contributed by atoms with van der Waals surface area (Å²) in [5.41, 5.74) is 0. The number of aromatic nitrogens is 1. The van der Waals surface area contributed by atoms with Crippen molar-refractivity contribution in [1.82, 2.24) is 9.88 Å². The molecule has 0 aliphatic carbocycles. The summed E-state index contributed by atoms with van der Waals surface area (Å²) in [6.45, 7) is 3.17. The van der Waals surface area contributed by atoms with E-state index in [9.17, 15) is 9.90 Å². The summed E-state index contributed by atoms with van der Waals surface area (Å²) < 4.78 is 0.878. The first-order valence-corrected chi connectivity index (χ1v) is 7.21. The Kier molecular flexibility index (Phi) is 4.76. The van der Waals surface area contributed by atoms with Gasteiger partial charge in [-0.25, -0.2) is 9.78 Å². The lowest BCUT2D eigenvalue weighted by Crippen LogP contribution is -2.42. The molecule has 1 atom stereocenters. The molecule has 1 fully saturated rings. The minimum absolute atomic E-state index is 0.126. The van der Waals surface area contributed by atoms with Gasteiger partial charge in [0.2, 0.25) is 0 Å². The Hall–Kier alpha value is -1.14. The van der Waals surface area contributed by atoms with E-state index in [0.29, 0.717) is 24.8 Å². The summed E-state index contributed by atoms with van der Waals surface area (Å²) in [7, 11) is 0. The fraction of sp³-hybridized carbons (Fsp3) is 0.538. The monoisotopic (exact) mass is 327 g/mol. The van der Waals surface area contributed by atoms with Gasteiger partial charge in [0.25, 0.3) is 0 Å². The molecule has 2 rings (SSSR count). The Bertz CT molecular complexity index is 428. The summed E-state index contributed by atoms with van der Waals surface area (Å²) in [5.74, 6) is 0.848. The summed E-state index contributed by atoms with van der Waals surface area (Å²) in [6.07, 6.45) is 3.05. The van der Waals surface area contributed by atoms with Crippen molar-refractivity contribution < 1.29 is 9.90 Å². The molecule has 1 aromatic heterocycles. The fourth-order valence-electron chi connectivity index (χ4n) is 2.22. The van der Waals surface area contributed by atoms with Gasteiger partial charge in [-0.2, -0.15) is 0 Å². The molecule has 0 bridgehead atoms. The van der Waals surface area contributed by atoms with Crippen LogP contribution >= 0.6 is 15.9 Å². The van der Waals surface area contributed by atoms with Crippen molar-refractivity contribution >= 4 is 27.8 Å². The van der Waals surface area contributed by atoms with Crippen LogP contribution in [-0.4, -0.2) is 40.2 Å². The van der Waals surface area contributed by atoms with Crippen molar-refractivity contribution in [3.05, 3.63) is 22.8 Å². The van der Waals surface area contributed by atoms with Gasteiger partial charge in [0.05, 0.1) is 6.10 Å². The number of hydrogen-bond acceptors (Lipinski definition) is 3. The first-order valence-electron chi connectivity index (χ1n) is 6.42. The maximum absolute atomic E-state index is 12.0. The van der Waals surface area contributed by atoms with E-state index >= 15 is 0 Å². The predicted molar refractivity (Wildman–Crippen MR) is 76.9 cm³/mol. The fourth-order valence-corrected chi connectivity index (χ4v) is 2.46. The lowest BCUT2D eigenvalue weighted by Gasteiger charge is -2.33. The molecule has 2 amide bonds. The first-order chi connectivity index (χ1) is 9.06. The number of amides is 2. The van der Waals surface area contributed by atoms with Gasteiger partial charge >= 0.3 is 6.03 Å². The van der Waals surface area contributed by atoms with Crippen molar-refractivity contribution in [3.8, 4) is 0 Å². The number of carbonyl (C=O) groups excluding carboxylic acids is 1. The van der Waals surface area contributed by atoms with E-state index in [4.69, 9.17) is 0 Å². The number of anilines is 1. The molecule has 1 aliphatic rings. The molecule has 5 nitrogen and oxygen atoms in total. The summed E-state index contributed by atoms with van der Waals surface area (Å²) in [6, 6.07) is 3.46. The molecule has 0 unspecified atom stereocenters. The minimum Gasteiger partial charge on any atom is -0.393 e. The average Bonchev–Trinajstić information content (AvgIpc) is 2.41. The van der Waals surface area contributed by atoms with Crippen LogP contribution in [0.5, 0.6) is 0 Å². The van der Waals surface area contributed by atoms with Crippen LogP contribution in [0.25, 0.3) is 0 Å². The number of rotatable bonds is 2. The standard InChI is InChI=1S/C13H18BrN3O2/c1-9(18)10-4-6-17(7-5-10)13(19)16-12-3-2-11(14)8-15-12/h2-3,8-10,18H,4-7H2,1H3,(H,15,16,19)/t9-/m1/s1. The van der Waals surface area contributed by atoms with E-state index in [1.807, 2.05) is 13.0 Å². The number of nitrogens with zero attached hydrogens (tertiary/aromatic N) is 2. The van der Waals surface area contributed by atoms with Gasteiger partial charge < -0.3 is 10.0 Å². The van der Waals surface area contributed by atoms with Crippen molar-refractivity contribution in [3.63, 3.8) is 0 Å². The molecule has 1 aromatic rings. The number of hydrogen-bond donors (Lipinski definition) is 2. The van der Waals surface area contributed by atoms with Gasteiger partial charge in [-0.15, -0.1) is 0 Å². The minimum atomic E-state index is -0.293. The highest BCUT2D eigenvalue weighted by molar-refractivity contribution is 9.10. The quantitative estimate of drug-likeness (QED) is 0.876. The molecule has 0 aromatic carbocycles. The Morgan fingerprint density at radius 1 is 1.53 bits per heavy atom. The molecule has 1 saturated heterocycles. The molecule has 0 radical (unpaired) electrons. The second-order valence-corrected chi connectivity index (χ2v) is 5.77. The topological polar surface area (TPSA) is 65.5 Å². The smallest absolute Gasteiger partial charge is 0.323 e. The number of urea groups is 1. The van der Waals surface area contributed by atoms with Crippen molar-refractivity contribution in [2.24, 2.45) is 5.92 Å². The molecule has 6 heteroatoms. The Balaban J connectivity index is 1.86. The maximum atomic E-state index is 12.0. The zero-order chi connectivity index (χ0) is 13.8. The Morgan fingerprint density at radius 3 is 2.74 bits per heavy atom. The van der Waals surface area contributed by atoms with Gasteiger partial charge in [0.1, 0.15) is 5.82 Å². The maximum Gasteiger partial charge on any atom is 0.323 e. The molecule has 2 heterocycles. The van der Waals surface area contributed by atoms with Gasteiger partial charge in [0.15, 0.2) is 0 Å². The number of likely N-dealkylation sites (tertiary alicyclic amines) is 1. The molecule has 0 saturated carbocycles.